The van der Waals surface area contributed by atoms with Gasteiger partial charge in [-0.15, -0.1) is 0 Å². The van der Waals surface area contributed by atoms with Gasteiger partial charge in [-0.1, -0.05) is 138 Å². The van der Waals surface area contributed by atoms with Gasteiger partial charge in [-0.2, -0.15) is 0 Å². The van der Waals surface area contributed by atoms with Gasteiger partial charge in [0.2, 0.25) is 0 Å². The van der Waals surface area contributed by atoms with E-state index >= 15 is 0 Å². The van der Waals surface area contributed by atoms with Crippen molar-refractivity contribution in [2.24, 2.45) is 0 Å². The van der Waals surface area contributed by atoms with E-state index in [1.165, 1.54) is 25.7 Å². The molecule has 0 bridgehead atoms. The summed E-state index contributed by atoms with van der Waals surface area (Å²) in [5.74, 6) is -0.340. The molecule has 1 aliphatic rings. The molecular formula is C44H74O9. The first-order valence-corrected chi connectivity index (χ1v) is 20.5. The maximum absolute atomic E-state index is 12.5. The van der Waals surface area contributed by atoms with Crippen molar-refractivity contribution in [1.29, 1.82) is 0 Å². The van der Waals surface area contributed by atoms with Crippen LogP contribution in [-0.2, 0) is 23.7 Å². The van der Waals surface area contributed by atoms with Gasteiger partial charge in [0.1, 0.15) is 30.5 Å². The van der Waals surface area contributed by atoms with E-state index in [0.717, 1.165) is 89.9 Å². The van der Waals surface area contributed by atoms with Crippen molar-refractivity contribution >= 4 is 5.97 Å². The quantitative estimate of drug-likeness (QED) is 0.0296. The number of esters is 1. The van der Waals surface area contributed by atoms with Gasteiger partial charge in [-0.25, -0.2) is 0 Å². The molecule has 6 atom stereocenters. The van der Waals surface area contributed by atoms with E-state index in [-0.39, 0.29) is 19.2 Å². The Morgan fingerprint density at radius 3 is 1.72 bits per heavy atom. The third-order valence-corrected chi connectivity index (χ3v) is 8.89. The van der Waals surface area contributed by atoms with E-state index in [0.29, 0.717) is 13.0 Å². The first-order chi connectivity index (χ1) is 25.9. The normalized spacial score (nSPS) is 21.8. The average molecular weight is 747 g/mol. The van der Waals surface area contributed by atoms with E-state index in [1.807, 2.05) is 0 Å². The Kier molecular flexibility index (Phi) is 32.4. The lowest BCUT2D eigenvalue weighted by molar-refractivity contribution is -0.305. The molecule has 0 spiro atoms. The van der Waals surface area contributed by atoms with Crippen LogP contribution >= 0.6 is 0 Å². The molecule has 0 amide bonds. The Labute approximate surface area is 321 Å². The van der Waals surface area contributed by atoms with Crippen molar-refractivity contribution in [2.75, 3.05) is 26.4 Å². The number of ether oxygens (including phenoxy) is 4. The molecule has 9 nitrogen and oxygen atoms in total. The molecule has 1 heterocycles. The highest BCUT2D eigenvalue weighted by Gasteiger charge is 2.44. The lowest BCUT2D eigenvalue weighted by atomic mass is 9.99. The Morgan fingerprint density at radius 1 is 0.623 bits per heavy atom. The van der Waals surface area contributed by atoms with Crippen molar-refractivity contribution < 1.29 is 44.2 Å². The molecule has 9 heteroatoms. The second-order valence-electron chi connectivity index (χ2n) is 13.7. The van der Waals surface area contributed by atoms with Crippen LogP contribution in [0.5, 0.6) is 0 Å². The van der Waals surface area contributed by atoms with Crippen LogP contribution in [-0.4, -0.2) is 89.6 Å². The Hall–Kier alpha value is -2.37. The Morgan fingerprint density at radius 2 is 1.15 bits per heavy atom. The third kappa shape index (κ3) is 27.0. The van der Waals surface area contributed by atoms with Crippen LogP contribution in [0, 0.1) is 0 Å². The van der Waals surface area contributed by atoms with Crippen LogP contribution in [0.25, 0.3) is 0 Å². The van der Waals surface area contributed by atoms with Crippen molar-refractivity contribution in [3.63, 3.8) is 0 Å². The van der Waals surface area contributed by atoms with Gasteiger partial charge in [-0.3, -0.25) is 4.79 Å². The highest BCUT2D eigenvalue weighted by Crippen LogP contribution is 2.22. The zero-order valence-electron chi connectivity index (χ0n) is 33.0. The summed E-state index contributed by atoms with van der Waals surface area (Å²) in [6.45, 7) is 4.26. The predicted molar refractivity (Wildman–Crippen MR) is 214 cm³/mol. The molecule has 0 aromatic carbocycles. The zero-order chi connectivity index (χ0) is 38.6. The minimum atomic E-state index is -1.54. The fourth-order valence-electron chi connectivity index (χ4n) is 5.67. The minimum absolute atomic E-state index is 0.123. The highest BCUT2D eigenvalue weighted by molar-refractivity contribution is 5.69. The fourth-order valence-corrected chi connectivity index (χ4v) is 5.67. The molecule has 0 aliphatic carbocycles. The van der Waals surface area contributed by atoms with Crippen LogP contribution in [0.1, 0.15) is 136 Å². The lowest BCUT2D eigenvalue weighted by Crippen LogP contribution is -2.59. The molecule has 1 fully saturated rings. The van der Waals surface area contributed by atoms with Gasteiger partial charge in [0.05, 0.1) is 19.8 Å². The third-order valence-electron chi connectivity index (χ3n) is 8.89. The number of carbonyl (C=O) groups is 1. The molecule has 4 N–H and O–H groups in total. The monoisotopic (exact) mass is 747 g/mol. The molecule has 0 aromatic rings. The maximum Gasteiger partial charge on any atom is 0.306 e. The smallest absolute Gasteiger partial charge is 0.306 e. The Bertz CT molecular complexity index is 1030. The van der Waals surface area contributed by atoms with Crippen molar-refractivity contribution in [3.8, 4) is 0 Å². The number of hydrogen-bond donors (Lipinski definition) is 4. The molecule has 1 aliphatic heterocycles. The maximum atomic E-state index is 12.5. The highest BCUT2D eigenvalue weighted by atomic mass is 16.7. The number of carbonyl (C=O) groups excluding carboxylic acids is 1. The van der Waals surface area contributed by atoms with Crippen LogP contribution in [0.4, 0.5) is 0 Å². The van der Waals surface area contributed by atoms with Crippen LogP contribution in [0.15, 0.2) is 72.9 Å². The first kappa shape index (κ1) is 48.6. The molecule has 0 saturated carbocycles. The second kappa shape index (κ2) is 35.3. The summed E-state index contributed by atoms with van der Waals surface area (Å²) in [4.78, 5) is 12.5. The number of unbranched alkanes of at least 4 members (excludes halogenated alkanes) is 10. The van der Waals surface area contributed by atoms with E-state index in [2.05, 4.69) is 86.8 Å². The fraction of sp³-hybridized carbons (Fsp3) is 0.705. The topological polar surface area (TPSA) is 135 Å². The van der Waals surface area contributed by atoms with E-state index in [1.54, 1.807) is 0 Å². The van der Waals surface area contributed by atoms with Crippen LogP contribution in [0.2, 0.25) is 0 Å². The Balaban J connectivity index is 2.13. The second-order valence-corrected chi connectivity index (χ2v) is 13.7. The molecule has 0 radical (unpaired) electrons. The summed E-state index contributed by atoms with van der Waals surface area (Å²) in [7, 11) is 0. The summed E-state index contributed by atoms with van der Waals surface area (Å²) < 4.78 is 22.5. The van der Waals surface area contributed by atoms with Gasteiger partial charge in [-0.05, 0) is 64.2 Å². The summed E-state index contributed by atoms with van der Waals surface area (Å²) in [5, 5.41) is 39.8. The number of aliphatic hydroxyl groups excluding tert-OH is 4. The largest absolute Gasteiger partial charge is 0.457 e. The van der Waals surface area contributed by atoms with Crippen molar-refractivity contribution in [2.45, 2.75) is 173 Å². The van der Waals surface area contributed by atoms with Crippen molar-refractivity contribution in [3.05, 3.63) is 72.9 Å². The van der Waals surface area contributed by atoms with Gasteiger partial charge in [0.15, 0.2) is 6.29 Å². The van der Waals surface area contributed by atoms with Crippen molar-refractivity contribution in [1.82, 2.24) is 0 Å². The zero-order valence-corrected chi connectivity index (χ0v) is 33.0. The lowest BCUT2D eigenvalue weighted by Gasteiger charge is -2.39. The molecular weight excluding hydrogens is 672 g/mol. The number of aliphatic hydroxyl groups is 4. The van der Waals surface area contributed by atoms with Gasteiger partial charge in [0.25, 0.3) is 0 Å². The molecule has 1 rings (SSSR count). The summed E-state index contributed by atoms with van der Waals surface area (Å²) >= 11 is 0. The van der Waals surface area contributed by atoms with Crippen LogP contribution in [0.3, 0.4) is 0 Å². The first-order valence-electron chi connectivity index (χ1n) is 20.5. The molecule has 1 saturated heterocycles. The summed E-state index contributed by atoms with van der Waals surface area (Å²) in [6, 6.07) is 0. The number of allylic oxidation sites excluding steroid dienone is 12. The minimum Gasteiger partial charge on any atom is -0.457 e. The number of rotatable bonds is 33. The standard InChI is InChI=1S/C44H74O9/c1-3-5-7-9-10-11-12-13-14-15-16-17-18-19-20-21-22-23-24-25-26-27-28-29-30-32-34-50-36-38(52-40(46)33-31-8-6-4-2)37-51-44-43(49)42(48)41(47)39(35-45)53-44/h5,7,10-11,13-14,16-17,19-20,22-23,38-39,41-45,47-49H,3-4,6,8-9,12,15,18,21,24-37H2,1-2H3/b7-5-,11-10-,14-13-,17-16-,20-19-,23-22-. The molecule has 0 aromatic heterocycles. The molecule has 6 unspecified atom stereocenters. The van der Waals surface area contributed by atoms with Gasteiger partial charge < -0.3 is 39.4 Å². The molecule has 304 valence electrons. The average Bonchev–Trinajstić information content (AvgIpc) is 3.16. The van der Waals surface area contributed by atoms with E-state index in [4.69, 9.17) is 18.9 Å². The SMILES string of the molecule is CC/C=C\C/C=C\C/C=C\C/C=C\C/C=C\C/C=C\CCCCCCCCCOCC(COC1OC(CO)C(O)C(O)C1O)OC(=O)CCCCCC. The van der Waals surface area contributed by atoms with E-state index < -0.39 is 43.4 Å². The van der Waals surface area contributed by atoms with Gasteiger partial charge >= 0.3 is 5.97 Å². The summed E-state index contributed by atoms with van der Waals surface area (Å²) in [6.07, 6.45) is 38.5. The van der Waals surface area contributed by atoms with Crippen LogP contribution < -0.4 is 0 Å². The van der Waals surface area contributed by atoms with Gasteiger partial charge in [0, 0.05) is 13.0 Å². The predicted octanol–water partition coefficient (Wildman–Crippen LogP) is 8.52. The van der Waals surface area contributed by atoms with E-state index in [9.17, 15) is 25.2 Å². The molecule has 53 heavy (non-hydrogen) atoms. The number of hydrogen-bond acceptors (Lipinski definition) is 9. The summed E-state index contributed by atoms with van der Waals surface area (Å²) in [5.41, 5.74) is 0.